The molecule has 2 aromatic rings. The van der Waals surface area contributed by atoms with E-state index in [2.05, 4.69) is 5.10 Å². The Labute approximate surface area is 131 Å². The van der Waals surface area contributed by atoms with E-state index in [1.807, 2.05) is 23.6 Å². The molecule has 22 heavy (non-hydrogen) atoms. The number of carbonyl (C=O) groups excluding carboxylic acids is 2. The van der Waals surface area contributed by atoms with Crippen molar-refractivity contribution in [1.29, 1.82) is 0 Å². The molecule has 0 N–H and O–H groups in total. The number of esters is 1. The summed E-state index contributed by atoms with van der Waals surface area (Å²) in [5.74, 6) is -0.209. The van der Waals surface area contributed by atoms with E-state index in [1.165, 1.54) is 11.9 Å². The molecule has 0 fully saturated rings. The zero-order valence-electron chi connectivity index (χ0n) is 11.9. The molecule has 0 spiro atoms. The van der Waals surface area contributed by atoms with Crippen molar-refractivity contribution in [2.24, 2.45) is 5.10 Å². The fourth-order valence-corrected chi connectivity index (χ4v) is 2.98. The number of hydrazone groups is 1. The maximum atomic E-state index is 12.3. The minimum atomic E-state index is -0.496. The van der Waals surface area contributed by atoms with Gasteiger partial charge in [0.1, 0.15) is 11.8 Å². The fraction of sp³-hybridized carbons (Fsp3) is 0.267. The van der Waals surface area contributed by atoms with Crippen LogP contribution < -0.4 is 0 Å². The smallest absolute Gasteiger partial charge is 0.303 e. The quantitative estimate of drug-likeness (QED) is 0.812. The molecule has 1 atom stereocenters. The second kappa shape index (κ2) is 6.15. The first-order valence-corrected chi connectivity index (χ1v) is 7.63. The molecular formula is C15H14N2O4S. The van der Waals surface area contributed by atoms with Crippen LogP contribution in [0.3, 0.4) is 0 Å². The van der Waals surface area contributed by atoms with Crippen LogP contribution in [0.15, 0.2) is 45.4 Å². The Bertz CT molecular complexity index is 691. The standard InChI is InChI=1S/C15H14N2O4S/c1-10(18)21-9-15(19)17-12(13-4-2-6-20-13)8-11(16-17)14-5-3-7-22-14/h2-7,12H,8-9H2,1H3/t12-/m0/s1. The van der Waals surface area contributed by atoms with Crippen LogP contribution in [-0.4, -0.2) is 29.2 Å². The fourth-order valence-electron chi connectivity index (χ4n) is 2.26. The number of hydrogen-bond acceptors (Lipinski definition) is 6. The van der Waals surface area contributed by atoms with E-state index in [0.717, 1.165) is 10.6 Å². The van der Waals surface area contributed by atoms with Crippen molar-refractivity contribution in [3.63, 3.8) is 0 Å². The number of thiophene rings is 1. The molecule has 2 aromatic heterocycles. The van der Waals surface area contributed by atoms with Gasteiger partial charge in [-0.3, -0.25) is 9.59 Å². The first-order chi connectivity index (χ1) is 10.6. The number of rotatable bonds is 4. The lowest BCUT2D eigenvalue weighted by Crippen LogP contribution is -2.30. The number of ether oxygens (including phenoxy) is 1. The summed E-state index contributed by atoms with van der Waals surface area (Å²) in [6, 6.07) is 7.17. The van der Waals surface area contributed by atoms with Gasteiger partial charge in [0.15, 0.2) is 6.61 Å². The third kappa shape index (κ3) is 2.94. The first kappa shape index (κ1) is 14.5. The molecule has 6 nitrogen and oxygen atoms in total. The Morgan fingerprint density at radius 2 is 2.32 bits per heavy atom. The van der Waals surface area contributed by atoms with Crippen LogP contribution in [0.1, 0.15) is 30.0 Å². The lowest BCUT2D eigenvalue weighted by atomic mass is 10.1. The molecule has 0 unspecified atom stereocenters. The van der Waals surface area contributed by atoms with Gasteiger partial charge < -0.3 is 9.15 Å². The van der Waals surface area contributed by atoms with Crippen molar-refractivity contribution in [3.05, 3.63) is 46.5 Å². The Morgan fingerprint density at radius 1 is 1.45 bits per heavy atom. The molecule has 0 aromatic carbocycles. The highest BCUT2D eigenvalue weighted by atomic mass is 32.1. The minimum Gasteiger partial charge on any atom is -0.467 e. The van der Waals surface area contributed by atoms with Gasteiger partial charge in [-0.1, -0.05) is 6.07 Å². The second-order valence-corrected chi connectivity index (χ2v) is 5.73. The predicted molar refractivity (Wildman–Crippen MR) is 80.4 cm³/mol. The van der Waals surface area contributed by atoms with Gasteiger partial charge in [0.2, 0.25) is 0 Å². The predicted octanol–water partition coefficient (Wildman–Crippen LogP) is 2.58. The molecule has 1 aliphatic rings. The average molecular weight is 318 g/mol. The molecule has 0 saturated carbocycles. The number of amides is 1. The summed E-state index contributed by atoms with van der Waals surface area (Å²) in [7, 11) is 0. The summed E-state index contributed by atoms with van der Waals surface area (Å²) >= 11 is 1.57. The number of nitrogens with zero attached hydrogens (tertiary/aromatic N) is 2. The largest absolute Gasteiger partial charge is 0.467 e. The second-order valence-electron chi connectivity index (χ2n) is 4.78. The van der Waals surface area contributed by atoms with Crippen LogP contribution in [0.4, 0.5) is 0 Å². The van der Waals surface area contributed by atoms with Crippen LogP contribution >= 0.6 is 11.3 Å². The molecule has 3 rings (SSSR count). The molecule has 1 amide bonds. The van der Waals surface area contributed by atoms with Gasteiger partial charge >= 0.3 is 5.97 Å². The zero-order valence-corrected chi connectivity index (χ0v) is 12.7. The van der Waals surface area contributed by atoms with Gasteiger partial charge in [0.25, 0.3) is 5.91 Å². The number of hydrogen-bond donors (Lipinski definition) is 0. The molecule has 0 radical (unpaired) electrons. The van der Waals surface area contributed by atoms with Crippen molar-refractivity contribution in [3.8, 4) is 0 Å². The van der Waals surface area contributed by atoms with Gasteiger partial charge in [0.05, 0.1) is 16.9 Å². The van der Waals surface area contributed by atoms with Crippen molar-refractivity contribution >= 4 is 28.9 Å². The zero-order chi connectivity index (χ0) is 15.5. The topological polar surface area (TPSA) is 72.1 Å². The van der Waals surface area contributed by atoms with E-state index in [0.29, 0.717) is 12.2 Å². The average Bonchev–Trinajstić information content (AvgIpc) is 3.23. The van der Waals surface area contributed by atoms with Gasteiger partial charge in [-0.05, 0) is 23.6 Å². The Kier molecular flexibility index (Phi) is 4.06. The van der Waals surface area contributed by atoms with E-state index in [1.54, 1.807) is 23.7 Å². The van der Waals surface area contributed by atoms with E-state index < -0.39 is 5.97 Å². The molecular weight excluding hydrogens is 304 g/mol. The summed E-state index contributed by atoms with van der Waals surface area (Å²) in [5.41, 5.74) is 0.826. The number of furan rings is 1. The molecule has 3 heterocycles. The summed E-state index contributed by atoms with van der Waals surface area (Å²) in [6.07, 6.45) is 2.13. The molecule has 7 heteroatoms. The molecule has 114 valence electrons. The summed E-state index contributed by atoms with van der Waals surface area (Å²) < 4.78 is 10.2. The lowest BCUT2D eigenvalue weighted by Gasteiger charge is -2.19. The third-order valence-electron chi connectivity index (χ3n) is 3.24. The third-order valence-corrected chi connectivity index (χ3v) is 4.16. The Morgan fingerprint density at radius 3 is 2.95 bits per heavy atom. The number of carbonyl (C=O) groups is 2. The summed E-state index contributed by atoms with van der Waals surface area (Å²) in [6.45, 7) is 0.940. The monoisotopic (exact) mass is 318 g/mol. The van der Waals surface area contributed by atoms with Crippen LogP contribution in [0.25, 0.3) is 0 Å². The summed E-state index contributed by atoms with van der Waals surface area (Å²) in [4.78, 5) is 24.2. The molecule has 0 bridgehead atoms. The van der Waals surface area contributed by atoms with Crippen LogP contribution in [-0.2, 0) is 14.3 Å². The van der Waals surface area contributed by atoms with Crippen LogP contribution in [0.2, 0.25) is 0 Å². The van der Waals surface area contributed by atoms with E-state index >= 15 is 0 Å². The Balaban J connectivity index is 1.84. The maximum absolute atomic E-state index is 12.3. The highest BCUT2D eigenvalue weighted by Gasteiger charge is 2.35. The maximum Gasteiger partial charge on any atom is 0.303 e. The van der Waals surface area contributed by atoms with E-state index in [9.17, 15) is 9.59 Å². The highest BCUT2D eigenvalue weighted by molar-refractivity contribution is 7.12. The SMILES string of the molecule is CC(=O)OCC(=O)N1N=C(c2cccs2)C[C@H]1c1ccco1. The van der Waals surface area contributed by atoms with Crippen molar-refractivity contribution in [2.75, 3.05) is 6.61 Å². The van der Waals surface area contributed by atoms with E-state index in [-0.39, 0.29) is 18.6 Å². The van der Waals surface area contributed by atoms with Gasteiger partial charge in [-0.15, -0.1) is 11.3 Å². The molecule has 0 aliphatic carbocycles. The normalized spacial score (nSPS) is 17.4. The molecule has 0 saturated heterocycles. The first-order valence-electron chi connectivity index (χ1n) is 6.75. The van der Waals surface area contributed by atoms with Crippen LogP contribution in [0, 0.1) is 0 Å². The summed E-state index contributed by atoms with van der Waals surface area (Å²) in [5, 5.41) is 7.71. The molecule has 1 aliphatic heterocycles. The van der Waals surface area contributed by atoms with Gasteiger partial charge in [0, 0.05) is 13.3 Å². The van der Waals surface area contributed by atoms with Crippen molar-refractivity contribution < 1.29 is 18.7 Å². The highest BCUT2D eigenvalue weighted by Crippen LogP contribution is 2.33. The van der Waals surface area contributed by atoms with Gasteiger partial charge in [-0.2, -0.15) is 5.10 Å². The minimum absolute atomic E-state index is 0.310. The van der Waals surface area contributed by atoms with E-state index in [4.69, 9.17) is 9.15 Å². The van der Waals surface area contributed by atoms with Gasteiger partial charge in [-0.25, -0.2) is 5.01 Å². The lowest BCUT2D eigenvalue weighted by molar-refractivity contribution is -0.151. The van der Waals surface area contributed by atoms with Crippen molar-refractivity contribution in [2.45, 2.75) is 19.4 Å². The Hall–Kier alpha value is -2.41. The van der Waals surface area contributed by atoms with Crippen molar-refractivity contribution in [1.82, 2.24) is 5.01 Å². The van der Waals surface area contributed by atoms with Crippen LogP contribution in [0.5, 0.6) is 0 Å².